The second-order valence-electron chi connectivity index (χ2n) is 2.92. The van der Waals surface area contributed by atoms with Gasteiger partial charge >= 0.3 is 0 Å². The molecule has 0 heterocycles. The van der Waals surface area contributed by atoms with E-state index < -0.39 is 0 Å². The van der Waals surface area contributed by atoms with Crippen molar-refractivity contribution in [3.05, 3.63) is 35.9 Å². The molecule has 1 atom stereocenters. The summed E-state index contributed by atoms with van der Waals surface area (Å²) in [6.45, 7) is 1.39. The number of benzene rings is 1. The molecule has 0 bridgehead atoms. The average molecular weight is 164 g/mol. The molecule has 0 aliphatic carbocycles. The highest BCUT2D eigenvalue weighted by atomic mass is 14.6. The summed E-state index contributed by atoms with van der Waals surface area (Å²) in [5.41, 5.74) is 12.4. The second kappa shape index (κ2) is 4.91. The second-order valence-corrected chi connectivity index (χ2v) is 2.92. The molecule has 4 N–H and O–H groups in total. The smallest absolute Gasteiger partial charge is 0.000776 e. The lowest BCUT2D eigenvalue weighted by atomic mass is 9.96. The lowest BCUT2D eigenvalue weighted by molar-refractivity contribution is 0.643. The molecule has 0 aliphatic rings. The third-order valence-electron chi connectivity index (χ3n) is 2.07. The van der Waals surface area contributed by atoms with Crippen LogP contribution in [0.25, 0.3) is 0 Å². The summed E-state index contributed by atoms with van der Waals surface area (Å²) in [4.78, 5) is 0. The Morgan fingerprint density at radius 2 is 1.75 bits per heavy atom. The Morgan fingerprint density at radius 1 is 1.08 bits per heavy atom. The van der Waals surface area contributed by atoms with Crippen LogP contribution in [0.1, 0.15) is 17.9 Å². The van der Waals surface area contributed by atoms with E-state index >= 15 is 0 Å². The van der Waals surface area contributed by atoms with Gasteiger partial charge in [-0.05, 0) is 31.0 Å². The Hall–Kier alpha value is -0.860. The minimum absolute atomic E-state index is 0.427. The normalized spacial score (nSPS) is 12.8. The molecule has 1 aromatic rings. The molecule has 0 aromatic heterocycles. The number of rotatable bonds is 4. The van der Waals surface area contributed by atoms with Gasteiger partial charge in [0.1, 0.15) is 0 Å². The fraction of sp³-hybridized carbons (Fsp3) is 0.400. The van der Waals surface area contributed by atoms with Crippen LogP contribution in [0.5, 0.6) is 0 Å². The standard InChI is InChI=1S/C10H16N2/c11-7-6-10(8-12)9-4-2-1-3-5-9/h1-5,10H,6-8,11-12H2/t10-/m0/s1. The van der Waals surface area contributed by atoms with Crippen LogP contribution in [0.3, 0.4) is 0 Å². The molecule has 0 spiro atoms. The van der Waals surface area contributed by atoms with Crippen molar-refractivity contribution in [2.24, 2.45) is 11.5 Å². The predicted molar refractivity (Wildman–Crippen MR) is 51.9 cm³/mol. The van der Waals surface area contributed by atoms with E-state index in [-0.39, 0.29) is 0 Å². The van der Waals surface area contributed by atoms with Gasteiger partial charge in [-0.3, -0.25) is 0 Å². The molecule has 66 valence electrons. The van der Waals surface area contributed by atoms with Crippen LogP contribution in [0.15, 0.2) is 30.3 Å². The van der Waals surface area contributed by atoms with Gasteiger partial charge in [0.25, 0.3) is 0 Å². The first-order chi connectivity index (χ1) is 5.88. The summed E-state index contributed by atoms with van der Waals surface area (Å²) in [6.07, 6.45) is 0.973. The lowest BCUT2D eigenvalue weighted by Gasteiger charge is -2.13. The molecular weight excluding hydrogens is 148 g/mol. The summed E-state index contributed by atoms with van der Waals surface area (Å²) < 4.78 is 0. The summed E-state index contributed by atoms with van der Waals surface area (Å²) in [5.74, 6) is 0.427. The number of nitrogens with two attached hydrogens (primary N) is 2. The summed E-state index contributed by atoms with van der Waals surface area (Å²) in [7, 11) is 0. The zero-order chi connectivity index (χ0) is 8.81. The average Bonchev–Trinajstić information content (AvgIpc) is 2.15. The molecule has 0 saturated carbocycles. The Balaban J connectivity index is 2.66. The first-order valence-corrected chi connectivity index (χ1v) is 4.33. The molecule has 1 aromatic carbocycles. The molecule has 0 fully saturated rings. The van der Waals surface area contributed by atoms with Crippen molar-refractivity contribution in [3.8, 4) is 0 Å². The molecule has 12 heavy (non-hydrogen) atoms. The number of hydrogen-bond donors (Lipinski definition) is 2. The minimum atomic E-state index is 0.427. The van der Waals surface area contributed by atoms with Crippen LogP contribution in [0.2, 0.25) is 0 Å². The summed E-state index contributed by atoms with van der Waals surface area (Å²) >= 11 is 0. The Bertz CT molecular complexity index is 208. The van der Waals surface area contributed by atoms with E-state index in [0.29, 0.717) is 19.0 Å². The van der Waals surface area contributed by atoms with E-state index in [2.05, 4.69) is 12.1 Å². The fourth-order valence-electron chi connectivity index (χ4n) is 1.35. The van der Waals surface area contributed by atoms with Crippen molar-refractivity contribution in [2.45, 2.75) is 12.3 Å². The highest BCUT2D eigenvalue weighted by Crippen LogP contribution is 2.16. The molecule has 0 unspecified atom stereocenters. The van der Waals surface area contributed by atoms with Crippen molar-refractivity contribution < 1.29 is 0 Å². The van der Waals surface area contributed by atoms with Crippen LogP contribution < -0.4 is 11.5 Å². The van der Waals surface area contributed by atoms with Crippen LogP contribution in [0, 0.1) is 0 Å². The van der Waals surface area contributed by atoms with Gasteiger partial charge in [-0.1, -0.05) is 30.3 Å². The summed E-state index contributed by atoms with van der Waals surface area (Å²) in [6, 6.07) is 10.3. The van der Waals surface area contributed by atoms with Gasteiger partial charge in [0.05, 0.1) is 0 Å². The molecule has 0 saturated heterocycles. The largest absolute Gasteiger partial charge is 0.330 e. The van der Waals surface area contributed by atoms with Gasteiger partial charge in [0.15, 0.2) is 0 Å². The number of hydrogen-bond acceptors (Lipinski definition) is 2. The van der Waals surface area contributed by atoms with E-state index in [0.717, 1.165) is 6.42 Å². The Labute approximate surface area is 73.6 Å². The van der Waals surface area contributed by atoms with Crippen LogP contribution in [-0.2, 0) is 0 Å². The molecule has 2 heteroatoms. The topological polar surface area (TPSA) is 52.0 Å². The van der Waals surface area contributed by atoms with Gasteiger partial charge in [-0.25, -0.2) is 0 Å². The van der Waals surface area contributed by atoms with Crippen LogP contribution >= 0.6 is 0 Å². The molecule has 1 rings (SSSR count). The maximum absolute atomic E-state index is 5.64. The molecule has 2 nitrogen and oxygen atoms in total. The van der Waals surface area contributed by atoms with Gasteiger partial charge < -0.3 is 11.5 Å². The third-order valence-corrected chi connectivity index (χ3v) is 2.07. The van der Waals surface area contributed by atoms with Gasteiger partial charge in [0, 0.05) is 0 Å². The van der Waals surface area contributed by atoms with Crippen LogP contribution in [0.4, 0.5) is 0 Å². The molecular formula is C10H16N2. The monoisotopic (exact) mass is 164 g/mol. The maximum atomic E-state index is 5.64. The van der Waals surface area contributed by atoms with Gasteiger partial charge in [-0.2, -0.15) is 0 Å². The zero-order valence-corrected chi connectivity index (χ0v) is 7.24. The van der Waals surface area contributed by atoms with E-state index in [4.69, 9.17) is 11.5 Å². The highest BCUT2D eigenvalue weighted by molar-refractivity contribution is 5.19. The zero-order valence-electron chi connectivity index (χ0n) is 7.24. The van der Waals surface area contributed by atoms with E-state index in [1.165, 1.54) is 5.56 Å². The fourth-order valence-corrected chi connectivity index (χ4v) is 1.35. The quantitative estimate of drug-likeness (QED) is 0.699. The van der Waals surface area contributed by atoms with Crippen molar-refractivity contribution in [1.82, 2.24) is 0 Å². The molecule has 0 radical (unpaired) electrons. The van der Waals surface area contributed by atoms with Crippen molar-refractivity contribution in [3.63, 3.8) is 0 Å². The third kappa shape index (κ3) is 2.32. The predicted octanol–water partition coefficient (Wildman–Crippen LogP) is 1.08. The van der Waals surface area contributed by atoms with Crippen molar-refractivity contribution in [2.75, 3.05) is 13.1 Å². The molecule has 0 amide bonds. The maximum Gasteiger partial charge on any atom is -0.000776 e. The van der Waals surface area contributed by atoms with E-state index in [1.54, 1.807) is 0 Å². The van der Waals surface area contributed by atoms with Crippen molar-refractivity contribution >= 4 is 0 Å². The van der Waals surface area contributed by atoms with Gasteiger partial charge in [0.2, 0.25) is 0 Å². The van der Waals surface area contributed by atoms with Crippen molar-refractivity contribution in [1.29, 1.82) is 0 Å². The SMILES string of the molecule is NCC[C@@H](CN)c1ccccc1. The molecule has 0 aliphatic heterocycles. The summed E-state index contributed by atoms with van der Waals surface area (Å²) in [5, 5.41) is 0. The van der Waals surface area contributed by atoms with E-state index in [1.807, 2.05) is 18.2 Å². The highest BCUT2D eigenvalue weighted by Gasteiger charge is 2.06. The van der Waals surface area contributed by atoms with Crippen LogP contribution in [-0.4, -0.2) is 13.1 Å². The van der Waals surface area contributed by atoms with E-state index in [9.17, 15) is 0 Å². The lowest BCUT2D eigenvalue weighted by Crippen LogP contribution is -2.16. The van der Waals surface area contributed by atoms with Gasteiger partial charge in [-0.15, -0.1) is 0 Å². The first kappa shape index (κ1) is 9.23. The Kier molecular flexibility index (Phi) is 3.77. The minimum Gasteiger partial charge on any atom is -0.330 e. The Morgan fingerprint density at radius 3 is 2.25 bits per heavy atom. The first-order valence-electron chi connectivity index (χ1n) is 4.33.